The first-order valence-corrected chi connectivity index (χ1v) is 6.66. The third-order valence-corrected chi connectivity index (χ3v) is 3.80. The maximum atomic E-state index is 5.81. The van der Waals surface area contributed by atoms with Gasteiger partial charge in [0.25, 0.3) is 0 Å². The molecule has 4 heteroatoms. The zero-order valence-electron chi connectivity index (χ0n) is 11.1. The molecular formula is C15H19N3O. The predicted molar refractivity (Wildman–Crippen MR) is 78.2 cm³/mol. The van der Waals surface area contributed by atoms with Crippen LogP contribution in [-0.2, 0) is 4.74 Å². The van der Waals surface area contributed by atoms with E-state index < -0.39 is 0 Å². The van der Waals surface area contributed by atoms with Gasteiger partial charge in [0, 0.05) is 41.7 Å². The highest BCUT2D eigenvalue weighted by Gasteiger charge is 2.27. The van der Waals surface area contributed by atoms with Gasteiger partial charge in [-0.25, -0.2) is 0 Å². The summed E-state index contributed by atoms with van der Waals surface area (Å²) in [7, 11) is 0. The van der Waals surface area contributed by atoms with Crippen LogP contribution in [0.5, 0.6) is 0 Å². The average molecular weight is 257 g/mol. The van der Waals surface area contributed by atoms with E-state index in [0.717, 1.165) is 48.3 Å². The summed E-state index contributed by atoms with van der Waals surface area (Å²) in [5.41, 5.74) is 8.69. The molecule has 0 unspecified atom stereocenters. The number of nitrogens with one attached hydrogen (secondary N) is 1. The van der Waals surface area contributed by atoms with Crippen molar-refractivity contribution in [2.75, 3.05) is 24.3 Å². The first-order chi connectivity index (χ1) is 9.16. The van der Waals surface area contributed by atoms with Crippen LogP contribution in [0.3, 0.4) is 0 Å². The lowest BCUT2D eigenvalue weighted by Crippen LogP contribution is -2.40. The van der Waals surface area contributed by atoms with Gasteiger partial charge in [-0.15, -0.1) is 0 Å². The lowest BCUT2D eigenvalue weighted by atomic mass is 9.92. The molecule has 1 fully saturated rings. The first-order valence-electron chi connectivity index (χ1n) is 6.66. The standard InChI is InChI=1S/C15H19N3O/c1-15(5-8-19-9-6-15)18-13-4-7-17-14-10-11(16)2-3-12(13)14/h2-4,7,10H,5-6,8-9,16H2,1H3,(H,17,18). The maximum absolute atomic E-state index is 5.81. The van der Waals surface area contributed by atoms with Crippen molar-refractivity contribution in [1.29, 1.82) is 0 Å². The summed E-state index contributed by atoms with van der Waals surface area (Å²) in [6, 6.07) is 7.89. The molecule has 4 nitrogen and oxygen atoms in total. The number of benzene rings is 1. The van der Waals surface area contributed by atoms with E-state index >= 15 is 0 Å². The summed E-state index contributed by atoms with van der Waals surface area (Å²) in [6.45, 7) is 3.89. The topological polar surface area (TPSA) is 60.2 Å². The van der Waals surface area contributed by atoms with E-state index in [0.29, 0.717) is 0 Å². The Labute approximate surface area is 113 Å². The van der Waals surface area contributed by atoms with Crippen molar-refractivity contribution < 1.29 is 4.74 Å². The number of nitrogen functional groups attached to an aromatic ring is 1. The quantitative estimate of drug-likeness (QED) is 0.812. The Morgan fingerprint density at radius 2 is 2.05 bits per heavy atom. The van der Waals surface area contributed by atoms with E-state index in [1.165, 1.54) is 0 Å². The summed E-state index contributed by atoms with van der Waals surface area (Å²) in [5, 5.41) is 4.77. The van der Waals surface area contributed by atoms with Gasteiger partial charge in [0.2, 0.25) is 0 Å². The molecule has 100 valence electrons. The molecule has 1 aromatic heterocycles. The van der Waals surface area contributed by atoms with Gasteiger partial charge in [-0.1, -0.05) is 0 Å². The monoisotopic (exact) mass is 257 g/mol. The third kappa shape index (κ3) is 2.49. The largest absolute Gasteiger partial charge is 0.399 e. The molecule has 19 heavy (non-hydrogen) atoms. The molecule has 0 aliphatic carbocycles. The highest BCUT2D eigenvalue weighted by atomic mass is 16.5. The molecule has 0 saturated carbocycles. The van der Waals surface area contributed by atoms with Crippen molar-refractivity contribution in [3.63, 3.8) is 0 Å². The molecule has 0 bridgehead atoms. The molecule has 0 atom stereocenters. The van der Waals surface area contributed by atoms with Gasteiger partial charge in [0.05, 0.1) is 5.52 Å². The van der Waals surface area contributed by atoms with Gasteiger partial charge in [-0.3, -0.25) is 4.98 Å². The average Bonchev–Trinajstić information content (AvgIpc) is 2.39. The number of anilines is 2. The number of hydrogen-bond acceptors (Lipinski definition) is 4. The normalized spacial score (nSPS) is 18.4. The van der Waals surface area contributed by atoms with Crippen LogP contribution in [-0.4, -0.2) is 23.7 Å². The molecular weight excluding hydrogens is 238 g/mol. The van der Waals surface area contributed by atoms with Crippen molar-refractivity contribution in [2.45, 2.75) is 25.3 Å². The van der Waals surface area contributed by atoms with Crippen LogP contribution in [0.25, 0.3) is 10.9 Å². The van der Waals surface area contributed by atoms with Crippen LogP contribution < -0.4 is 11.1 Å². The van der Waals surface area contributed by atoms with E-state index in [-0.39, 0.29) is 5.54 Å². The van der Waals surface area contributed by atoms with Gasteiger partial charge in [-0.05, 0) is 44.0 Å². The molecule has 1 aromatic carbocycles. The minimum atomic E-state index is 0.0912. The van der Waals surface area contributed by atoms with E-state index in [9.17, 15) is 0 Å². The van der Waals surface area contributed by atoms with E-state index in [1.807, 2.05) is 30.5 Å². The number of pyridine rings is 1. The van der Waals surface area contributed by atoms with Crippen molar-refractivity contribution in [3.05, 3.63) is 30.5 Å². The van der Waals surface area contributed by atoms with Gasteiger partial charge < -0.3 is 15.8 Å². The predicted octanol–water partition coefficient (Wildman–Crippen LogP) is 2.80. The summed E-state index contributed by atoms with van der Waals surface area (Å²) in [5.74, 6) is 0. The van der Waals surface area contributed by atoms with Gasteiger partial charge >= 0.3 is 0 Å². The third-order valence-electron chi connectivity index (χ3n) is 3.80. The number of nitrogens with two attached hydrogens (primary N) is 1. The summed E-state index contributed by atoms with van der Waals surface area (Å²) in [6.07, 6.45) is 3.87. The summed E-state index contributed by atoms with van der Waals surface area (Å²) < 4.78 is 5.44. The number of aromatic nitrogens is 1. The Bertz CT molecular complexity index is 591. The zero-order chi connectivity index (χ0) is 13.3. The fraction of sp³-hybridized carbons (Fsp3) is 0.400. The van der Waals surface area contributed by atoms with Crippen LogP contribution in [0, 0.1) is 0 Å². The Kier molecular flexibility index (Phi) is 3.03. The molecule has 3 rings (SSSR count). The zero-order valence-corrected chi connectivity index (χ0v) is 11.1. The number of ether oxygens (including phenoxy) is 1. The van der Waals surface area contributed by atoms with Crippen LogP contribution in [0.4, 0.5) is 11.4 Å². The second-order valence-corrected chi connectivity index (χ2v) is 5.43. The van der Waals surface area contributed by atoms with E-state index in [4.69, 9.17) is 10.5 Å². The van der Waals surface area contributed by atoms with Crippen molar-refractivity contribution in [3.8, 4) is 0 Å². The molecule has 3 N–H and O–H groups in total. The Balaban J connectivity index is 1.96. The second-order valence-electron chi connectivity index (χ2n) is 5.43. The Morgan fingerprint density at radius 3 is 2.84 bits per heavy atom. The summed E-state index contributed by atoms with van der Waals surface area (Å²) in [4.78, 5) is 4.37. The van der Waals surface area contributed by atoms with Crippen LogP contribution in [0.15, 0.2) is 30.5 Å². The van der Waals surface area contributed by atoms with E-state index in [2.05, 4.69) is 17.2 Å². The number of fused-ring (bicyclic) bond motifs is 1. The van der Waals surface area contributed by atoms with Gasteiger partial charge in [0.15, 0.2) is 0 Å². The molecule has 0 spiro atoms. The molecule has 2 heterocycles. The Morgan fingerprint density at radius 1 is 1.26 bits per heavy atom. The lowest BCUT2D eigenvalue weighted by Gasteiger charge is -2.35. The van der Waals surface area contributed by atoms with Crippen LogP contribution in [0.1, 0.15) is 19.8 Å². The fourth-order valence-electron chi connectivity index (χ4n) is 2.55. The molecule has 2 aromatic rings. The number of rotatable bonds is 2. The maximum Gasteiger partial charge on any atom is 0.0743 e. The summed E-state index contributed by atoms with van der Waals surface area (Å²) >= 11 is 0. The van der Waals surface area contributed by atoms with Gasteiger partial charge in [-0.2, -0.15) is 0 Å². The highest BCUT2D eigenvalue weighted by Crippen LogP contribution is 2.30. The lowest BCUT2D eigenvalue weighted by molar-refractivity contribution is 0.0658. The second kappa shape index (κ2) is 4.70. The highest BCUT2D eigenvalue weighted by molar-refractivity contribution is 5.92. The minimum absolute atomic E-state index is 0.0912. The van der Waals surface area contributed by atoms with Crippen molar-refractivity contribution >= 4 is 22.3 Å². The molecule has 1 saturated heterocycles. The van der Waals surface area contributed by atoms with Gasteiger partial charge in [0.1, 0.15) is 0 Å². The van der Waals surface area contributed by atoms with Crippen LogP contribution in [0.2, 0.25) is 0 Å². The minimum Gasteiger partial charge on any atom is -0.399 e. The van der Waals surface area contributed by atoms with Crippen LogP contribution >= 0.6 is 0 Å². The number of nitrogens with zero attached hydrogens (tertiary/aromatic N) is 1. The fourth-order valence-corrected chi connectivity index (χ4v) is 2.55. The smallest absolute Gasteiger partial charge is 0.0743 e. The SMILES string of the molecule is CC1(Nc2ccnc3cc(N)ccc23)CCOCC1. The van der Waals surface area contributed by atoms with E-state index in [1.54, 1.807) is 0 Å². The molecule has 1 aliphatic rings. The number of hydrogen-bond donors (Lipinski definition) is 2. The molecule has 0 radical (unpaired) electrons. The first kappa shape index (κ1) is 12.2. The van der Waals surface area contributed by atoms with Crippen molar-refractivity contribution in [1.82, 2.24) is 4.98 Å². The van der Waals surface area contributed by atoms with Crippen molar-refractivity contribution in [2.24, 2.45) is 0 Å². The molecule has 0 amide bonds. The molecule has 1 aliphatic heterocycles. The Hall–Kier alpha value is -1.81.